The zero-order chi connectivity index (χ0) is 21.6. The lowest BCUT2D eigenvalue weighted by molar-refractivity contribution is 0.121. The number of nitrogens with zero attached hydrogens (tertiary/aromatic N) is 3. The van der Waals surface area contributed by atoms with E-state index in [1.165, 1.54) is 16.9 Å². The van der Waals surface area contributed by atoms with E-state index in [1.807, 2.05) is 29.6 Å². The largest absolute Gasteiger partial charge is 0.497 e. The first-order valence-electron chi connectivity index (χ1n) is 10.4. The van der Waals surface area contributed by atoms with Gasteiger partial charge in [0.25, 0.3) is 0 Å². The van der Waals surface area contributed by atoms with Gasteiger partial charge in [0.05, 0.1) is 12.8 Å². The molecular weight excluding hydrogens is 410 g/mol. The van der Waals surface area contributed by atoms with E-state index in [-0.39, 0.29) is 12.1 Å². The van der Waals surface area contributed by atoms with Gasteiger partial charge in [-0.2, -0.15) is 0 Å². The van der Waals surface area contributed by atoms with Gasteiger partial charge in [-0.15, -0.1) is 11.3 Å². The molecule has 3 heterocycles. The molecule has 1 aromatic carbocycles. The molecule has 1 aliphatic rings. The van der Waals surface area contributed by atoms with Gasteiger partial charge in [-0.3, -0.25) is 15.2 Å². The maximum Gasteiger partial charge on any atom is 0.321 e. The molecule has 8 heteroatoms. The van der Waals surface area contributed by atoms with Gasteiger partial charge in [-0.1, -0.05) is 12.1 Å². The second kappa shape index (κ2) is 9.89. The van der Waals surface area contributed by atoms with Gasteiger partial charge in [0, 0.05) is 35.9 Å². The van der Waals surface area contributed by atoms with Crippen molar-refractivity contribution in [3.05, 3.63) is 59.7 Å². The predicted molar refractivity (Wildman–Crippen MR) is 123 cm³/mol. The number of methoxy groups -OCH3 is 1. The molecule has 1 fully saturated rings. The Morgan fingerprint density at radius 1 is 1.29 bits per heavy atom. The van der Waals surface area contributed by atoms with Crippen LogP contribution in [0.15, 0.2) is 54.2 Å². The number of carbonyl (C=O) groups excluding carboxylic acids is 1. The van der Waals surface area contributed by atoms with E-state index < -0.39 is 0 Å². The summed E-state index contributed by atoms with van der Waals surface area (Å²) in [4.78, 5) is 23.5. The van der Waals surface area contributed by atoms with Crippen LogP contribution in [-0.4, -0.2) is 48.1 Å². The summed E-state index contributed by atoms with van der Waals surface area (Å²) in [5, 5.41) is 8.40. The summed E-state index contributed by atoms with van der Waals surface area (Å²) in [6, 6.07) is 12.1. The zero-order valence-electron chi connectivity index (χ0n) is 17.7. The van der Waals surface area contributed by atoms with Crippen LogP contribution in [0.2, 0.25) is 0 Å². The first-order valence-corrected chi connectivity index (χ1v) is 11.3. The summed E-state index contributed by atoms with van der Waals surface area (Å²) >= 11 is 1.40. The molecule has 0 bridgehead atoms. The lowest BCUT2D eigenvalue weighted by Crippen LogP contribution is -2.42. The molecule has 162 valence electrons. The molecule has 0 radical (unpaired) electrons. The van der Waals surface area contributed by atoms with E-state index in [0.29, 0.717) is 17.6 Å². The topological polar surface area (TPSA) is 79.4 Å². The van der Waals surface area contributed by atoms with Crippen LogP contribution >= 0.6 is 11.3 Å². The van der Waals surface area contributed by atoms with Crippen molar-refractivity contribution >= 4 is 22.5 Å². The van der Waals surface area contributed by atoms with E-state index in [0.717, 1.165) is 36.4 Å². The summed E-state index contributed by atoms with van der Waals surface area (Å²) in [5.41, 5.74) is 2.98. The molecule has 0 aliphatic carbocycles. The average molecular weight is 438 g/mol. The Kier molecular flexibility index (Phi) is 6.79. The highest BCUT2D eigenvalue weighted by molar-refractivity contribution is 7.14. The number of carbonyl (C=O) groups is 1. The monoisotopic (exact) mass is 437 g/mol. The minimum absolute atomic E-state index is 0.228. The molecule has 2 atom stereocenters. The van der Waals surface area contributed by atoms with Gasteiger partial charge >= 0.3 is 6.03 Å². The van der Waals surface area contributed by atoms with Crippen molar-refractivity contribution in [1.29, 1.82) is 0 Å². The minimum Gasteiger partial charge on any atom is -0.497 e. The van der Waals surface area contributed by atoms with Crippen molar-refractivity contribution in [3.63, 3.8) is 0 Å². The third kappa shape index (κ3) is 5.21. The first kappa shape index (κ1) is 21.3. The standard InChI is InChI=1S/C23H27N5O2S/c1-28-12-4-6-18(21(28)16-7-9-19(30-2)10-8-16)14-25-22(29)27-23-26-20(15-31-23)17-5-3-11-24-13-17/h3,5,7-11,13,15,18,21H,4,6,12,14H2,1-2H3,(H2,25,26,27,29). The lowest BCUT2D eigenvalue weighted by atomic mass is 9.85. The first-order chi connectivity index (χ1) is 15.1. The Morgan fingerprint density at radius 3 is 2.87 bits per heavy atom. The molecule has 2 unspecified atom stereocenters. The molecule has 3 aromatic rings. The van der Waals surface area contributed by atoms with Crippen molar-refractivity contribution in [2.45, 2.75) is 18.9 Å². The van der Waals surface area contributed by atoms with Crippen LogP contribution in [0.1, 0.15) is 24.4 Å². The Labute approximate surface area is 186 Å². The fraction of sp³-hybridized carbons (Fsp3) is 0.348. The molecule has 2 amide bonds. The third-order valence-corrected chi connectivity index (χ3v) is 6.43. The number of likely N-dealkylation sites (tertiary alicyclic amines) is 1. The maximum atomic E-state index is 12.5. The predicted octanol–water partition coefficient (Wildman–Crippen LogP) is 4.42. The highest BCUT2D eigenvalue weighted by Gasteiger charge is 2.30. The van der Waals surface area contributed by atoms with Crippen molar-refractivity contribution in [2.75, 3.05) is 32.6 Å². The second-order valence-corrected chi connectivity index (χ2v) is 8.57. The van der Waals surface area contributed by atoms with E-state index >= 15 is 0 Å². The molecule has 1 saturated heterocycles. The maximum absolute atomic E-state index is 12.5. The van der Waals surface area contributed by atoms with Crippen LogP contribution in [0.5, 0.6) is 5.75 Å². The molecule has 7 nitrogen and oxygen atoms in total. The molecular formula is C23H27N5O2S. The van der Waals surface area contributed by atoms with Crippen LogP contribution in [-0.2, 0) is 0 Å². The van der Waals surface area contributed by atoms with Crippen molar-refractivity contribution in [2.24, 2.45) is 5.92 Å². The summed E-state index contributed by atoms with van der Waals surface area (Å²) in [6.45, 7) is 1.66. The molecule has 31 heavy (non-hydrogen) atoms. The van der Waals surface area contributed by atoms with Gasteiger partial charge < -0.3 is 10.1 Å². The lowest BCUT2D eigenvalue weighted by Gasteiger charge is -2.39. The van der Waals surface area contributed by atoms with Gasteiger partial charge in [0.1, 0.15) is 5.75 Å². The van der Waals surface area contributed by atoms with Crippen molar-refractivity contribution in [1.82, 2.24) is 20.2 Å². The fourth-order valence-electron chi connectivity index (χ4n) is 4.14. The molecule has 2 aromatic heterocycles. The molecule has 2 N–H and O–H groups in total. The van der Waals surface area contributed by atoms with Crippen molar-refractivity contribution < 1.29 is 9.53 Å². The minimum atomic E-state index is -0.228. The summed E-state index contributed by atoms with van der Waals surface area (Å²) in [5.74, 6) is 1.19. The van der Waals surface area contributed by atoms with E-state index in [4.69, 9.17) is 4.74 Å². The number of amides is 2. The number of anilines is 1. The Hall–Kier alpha value is -2.97. The van der Waals surface area contributed by atoms with Gasteiger partial charge in [0.2, 0.25) is 0 Å². The zero-order valence-corrected chi connectivity index (χ0v) is 18.6. The number of pyridine rings is 1. The smallest absolute Gasteiger partial charge is 0.321 e. The Bertz CT molecular complexity index is 993. The van der Waals surface area contributed by atoms with E-state index in [2.05, 4.69) is 44.7 Å². The summed E-state index contributed by atoms with van der Waals surface area (Å²) in [7, 11) is 3.83. The SMILES string of the molecule is COc1ccc(C2C(CNC(=O)Nc3nc(-c4cccnc4)cs3)CCCN2C)cc1. The number of hydrogen-bond donors (Lipinski definition) is 2. The van der Waals surface area contributed by atoms with Gasteiger partial charge in [0.15, 0.2) is 5.13 Å². The number of urea groups is 1. The second-order valence-electron chi connectivity index (χ2n) is 7.72. The molecule has 4 rings (SSSR count). The van der Waals surface area contributed by atoms with Crippen LogP contribution < -0.4 is 15.4 Å². The number of nitrogens with one attached hydrogen (secondary N) is 2. The summed E-state index contributed by atoms with van der Waals surface area (Å²) < 4.78 is 5.29. The van der Waals surface area contributed by atoms with E-state index in [1.54, 1.807) is 19.5 Å². The number of hydrogen-bond acceptors (Lipinski definition) is 6. The number of rotatable bonds is 6. The van der Waals surface area contributed by atoms with Crippen LogP contribution in [0.3, 0.4) is 0 Å². The Morgan fingerprint density at radius 2 is 2.13 bits per heavy atom. The van der Waals surface area contributed by atoms with Crippen LogP contribution in [0, 0.1) is 5.92 Å². The quantitative estimate of drug-likeness (QED) is 0.597. The third-order valence-electron chi connectivity index (χ3n) is 5.67. The molecule has 0 saturated carbocycles. The van der Waals surface area contributed by atoms with Gasteiger partial charge in [-0.25, -0.2) is 9.78 Å². The van der Waals surface area contributed by atoms with Crippen LogP contribution in [0.25, 0.3) is 11.3 Å². The Balaban J connectivity index is 1.36. The number of thiazole rings is 1. The molecule has 0 spiro atoms. The highest BCUT2D eigenvalue weighted by Crippen LogP contribution is 2.35. The molecule has 1 aliphatic heterocycles. The number of benzene rings is 1. The number of ether oxygens (including phenoxy) is 1. The number of piperidine rings is 1. The van der Waals surface area contributed by atoms with Crippen molar-refractivity contribution in [3.8, 4) is 17.0 Å². The van der Waals surface area contributed by atoms with Crippen LogP contribution in [0.4, 0.5) is 9.93 Å². The van der Waals surface area contributed by atoms with Gasteiger partial charge in [-0.05, 0) is 62.2 Å². The number of aromatic nitrogens is 2. The summed E-state index contributed by atoms with van der Waals surface area (Å²) in [6.07, 6.45) is 5.68. The average Bonchev–Trinajstić information content (AvgIpc) is 3.27. The highest BCUT2D eigenvalue weighted by atomic mass is 32.1. The fourth-order valence-corrected chi connectivity index (χ4v) is 4.86. The normalized spacial score (nSPS) is 19.0. The van der Waals surface area contributed by atoms with E-state index in [9.17, 15) is 4.79 Å².